The molecule has 0 atom stereocenters. The zero-order valence-electron chi connectivity index (χ0n) is 18.2. The van der Waals surface area contributed by atoms with E-state index in [9.17, 15) is 8.78 Å². The maximum absolute atomic E-state index is 14.9. The molecule has 0 saturated carbocycles. The molecule has 0 saturated heterocycles. The van der Waals surface area contributed by atoms with Gasteiger partial charge in [-0.3, -0.25) is 0 Å². The highest BCUT2D eigenvalue weighted by molar-refractivity contribution is 5.82. The molecule has 0 unspecified atom stereocenters. The average molecular weight is 383 g/mol. The van der Waals surface area contributed by atoms with Crippen LogP contribution in [0, 0.1) is 12.8 Å². The Hall–Kier alpha value is -2.48. The summed E-state index contributed by atoms with van der Waals surface area (Å²) in [6, 6.07) is 5.72. The highest BCUT2D eigenvalue weighted by atomic mass is 19.1. The van der Waals surface area contributed by atoms with Crippen molar-refractivity contribution in [2.24, 2.45) is 5.92 Å². The minimum Gasteiger partial charge on any atom is -0.207 e. The highest BCUT2D eigenvalue weighted by Gasteiger charge is 2.14. The Labute approximate surface area is 169 Å². The van der Waals surface area contributed by atoms with Crippen LogP contribution in [-0.2, 0) is 0 Å². The van der Waals surface area contributed by atoms with Crippen LogP contribution in [0.15, 0.2) is 78.0 Å². The molecule has 0 nitrogen and oxygen atoms in total. The molecule has 28 heavy (non-hydrogen) atoms. The smallest absolute Gasteiger partial charge is 0.136 e. The van der Waals surface area contributed by atoms with E-state index in [0.717, 1.165) is 16.7 Å². The number of allylic oxidation sites excluding steroid dienone is 11. The molecule has 0 aliphatic rings. The number of hydrogen-bond donors (Lipinski definition) is 0. The van der Waals surface area contributed by atoms with Gasteiger partial charge < -0.3 is 0 Å². The van der Waals surface area contributed by atoms with E-state index >= 15 is 0 Å². The predicted octanol–water partition coefficient (Wildman–Crippen LogP) is 8.69. The normalized spacial score (nSPS) is 14.7. The standard InChI is InChI=1S/C26H32F2/c1-9-21(17(4)5)14-12-18(6)24-16-22(15-13-19(24)7)23(10-2)26(28)20(8)25(27)11-3/h9-17H,6H2,1-5,7-8H3/b14-12-,21-9+,23-10?,25-11+,26-20+. The Bertz CT molecular complexity index is 872. The van der Waals surface area contributed by atoms with Crippen molar-refractivity contribution in [2.75, 3.05) is 0 Å². The minimum absolute atomic E-state index is 0.00565. The second-order valence-corrected chi connectivity index (χ2v) is 7.11. The van der Waals surface area contributed by atoms with Crippen LogP contribution in [0.3, 0.4) is 0 Å². The van der Waals surface area contributed by atoms with Crippen LogP contribution in [0.2, 0.25) is 0 Å². The molecule has 0 heterocycles. The summed E-state index contributed by atoms with van der Waals surface area (Å²) in [6.07, 6.45) is 9.10. The van der Waals surface area contributed by atoms with Crippen LogP contribution in [0.25, 0.3) is 11.1 Å². The third-order valence-electron chi connectivity index (χ3n) is 4.84. The van der Waals surface area contributed by atoms with Crippen molar-refractivity contribution in [3.8, 4) is 0 Å². The van der Waals surface area contributed by atoms with Gasteiger partial charge in [-0.2, -0.15) is 0 Å². The fourth-order valence-corrected chi connectivity index (χ4v) is 2.99. The molecule has 1 aromatic carbocycles. The first-order chi connectivity index (χ1) is 13.2. The van der Waals surface area contributed by atoms with Crippen LogP contribution >= 0.6 is 0 Å². The van der Waals surface area contributed by atoms with Gasteiger partial charge in [-0.25, -0.2) is 8.78 Å². The molecule has 0 spiro atoms. The van der Waals surface area contributed by atoms with Gasteiger partial charge in [-0.1, -0.05) is 62.9 Å². The van der Waals surface area contributed by atoms with E-state index in [1.165, 1.54) is 18.6 Å². The van der Waals surface area contributed by atoms with E-state index in [0.29, 0.717) is 17.1 Å². The SMILES string of the molecule is C=C(/C=C\C(=C/C)C(C)C)c1cc(C(=CC)/C(F)=C(C)\C(F)=C/C)ccc1C. The van der Waals surface area contributed by atoms with Gasteiger partial charge in [0.05, 0.1) is 0 Å². The molecule has 2 heteroatoms. The predicted molar refractivity (Wildman–Crippen MR) is 120 cm³/mol. The molecular weight excluding hydrogens is 350 g/mol. The van der Waals surface area contributed by atoms with Crippen molar-refractivity contribution in [3.63, 3.8) is 0 Å². The Balaban J connectivity index is 3.38. The van der Waals surface area contributed by atoms with Gasteiger partial charge in [0, 0.05) is 11.1 Å². The first-order valence-corrected chi connectivity index (χ1v) is 9.67. The lowest BCUT2D eigenvalue weighted by molar-refractivity contribution is 0.612. The fraction of sp³-hybridized carbons (Fsp3) is 0.308. The van der Waals surface area contributed by atoms with E-state index in [4.69, 9.17) is 0 Å². The average Bonchev–Trinajstić information content (AvgIpc) is 2.68. The van der Waals surface area contributed by atoms with Gasteiger partial charge in [0.25, 0.3) is 0 Å². The summed E-state index contributed by atoms with van der Waals surface area (Å²) in [4.78, 5) is 0. The quantitative estimate of drug-likeness (QED) is 0.414. The molecule has 0 bridgehead atoms. The topological polar surface area (TPSA) is 0 Å². The van der Waals surface area contributed by atoms with Gasteiger partial charge in [-0.15, -0.1) is 0 Å². The lowest BCUT2D eigenvalue weighted by Crippen LogP contribution is -1.94. The van der Waals surface area contributed by atoms with Crippen molar-refractivity contribution in [2.45, 2.75) is 48.5 Å². The Morgan fingerprint density at radius 3 is 2.14 bits per heavy atom. The summed E-state index contributed by atoms with van der Waals surface area (Å²) in [5.74, 6) is -0.672. The lowest BCUT2D eigenvalue weighted by atomic mass is 9.93. The summed E-state index contributed by atoms with van der Waals surface area (Å²) >= 11 is 0. The van der Waals surface area contributed by atoms with Crippen molar-refractivity contribution >= 4 is 11.1 Å². The number of benzene rings is 1. The summed E-state index contributed by atoms with van der Waals surface area (Å²) in [6.45, 7) is 17.3. The number of hydrogen-bond acceptors (Lipinski definition) is 0. The molecule has 0 N–H and O–H groups in total. The maximum atomic E-state index is 14.9. The van der Waals surface area contributed by atoms with Crippen LogP contribution in [0.4, 0.5) is 8.78 Å². The molecular formula is C26H32F2. The Kier molecular flexibility index (Phi) is 9.05. The molecule has 1 rings (SSSR count). The van der Waals surface area contributed by atoms with Crippen molar-refractivity contribution in [1.29, 1.82) is 0 Å². The monoisotopic (exact) mass is 382 g/mol. The molecule has 1 aromatic rings. The van der Waals surface area contributed by atoms with Crippen LogP contribution in [0.5, 0.6) is 0 Å². The number of aryl methyl sites for hydroxylation is 1. The number of rotatable bonds is 7. The maximum Gasteiger partial charge on any atom is 0.136 e. The van der Waals surface area contributed by atoms with Crippen LogP contribution in [0.1, 0.15) is 58.2 Å². The minimum atomic E-state index is -0.552. The molecule has 0 aromatic heterocycles. The van der Waals surface area contributed by atoms with E-state index in [-0.39, 0.29) is 5.57 Å². The zero-order chi connectivity index (χ0) is 21.4. The first-order valence-electron chi connectivity index (χ1n) is 9.67. The molecule has 0 aliphatic heterocycles. The lowest BCUT2D eigenvalue weighted by Gasteiger charge is -2.13. The third kappa shape index (κ3) is 5.76. The van der Waals surface area contributed by atoms with Gasteiger partial charge in [0.1, 0.15) is 11.7 Å². The van der Waals surface area contributed by atoms with E-state index < -0.39 is 11.7 Å². The van der Waals surface area contributed by atoms with Crippen molar-refractivity contribution in [3.05, 3.63) is 94.6 Å². The molecule has 0 fully saturated rings. The number of halogens is 2. The third-order valence-corrected chi connectivity index (χ3v) is 4.84. The van der Waals surface area contributed by atoms with Crippen LogP contribution in [-0.4, -0.2) is 0 Å². The zero-order valence-corrected chi connectivity index (χ0v) is 18.2. The van der Waals surface area contributed by atoms with E-state index in [1.54, 1.807) is 19.9 Å². The van der Waals surface area contributed by atoms with E-state index in [2.05, 4.69) is 32.6 Å². The summed E-state index contributed by atoms with van der Waals surface area (Å²) in [5.41, 5.74) is 5.18. The summed E-state index contributed by atoms with van der Waals surface area (Å²) < 4.78 is 28.7. The van der Waals surface area contributed by atoms with Crippen LogP contribution < -0.4 is 0 Å². The molecule has 150 valence electrons. The van der Waals surface area contributed by atoms with Gasteiger partial charge in [-0.05, 0) is 74.4 Å². The van der Waals surface area contributed by atoms with E-state index in [1.807, 2.05) is 38.1 Å². The Morgan fingerprint density at radius 2 is 1.64 bits per heavy atom. The van der Waals surface area contributed by atoms with Gasteiger partial charge >= 0.3 is 0 Å². The summed E-state index contributed by atoms with van der Waals surface area (Å²) in [5, 5.41) is 0. The summed E-state index contributed by atoms with van der Waals surface area (Å²) in [7, 11) is 0. The molecule has 0 radical (unpaired) electrons. The first kappa shape index (κ1) is 23.6. The van der Waals surface area contributed by atoms with Gasteiger partial charge in [0.2, 0.25) is 0 Å². The highest BCUT2D eigenvalue weighted by Crippen LogP contribution is 2.32. The Morgan fingerprint density at radius 1 is 1.00 bits per heavy atom. The van der Waals surface area contributed by atoms with Crippen molar-refractivity contribution < 1.29 is 8.78 Å². The largest absolute Gasteiger partial charge is 0.207 e. The van der Waals surface area contributed by atoms with Gasteiger partial charge in [0.15, 0.2) is 0 Å². The molecule has 0 aliphatic carbocycles. The van der Waals surface area contributed by atoms with Crippen molar-refractivity contribution in [1.82, 2.24) is 0 Å². The second kappa shape index (κ2) is 10.8. The fourth-order valence-electron chi connectivity index (χ4n) is 2.99. The second-order valence-electron chi connectivity index (χ2n) is 7.11. The molecule has 0 amide bonds.